The Morgan fingerprint density at radius 2 is 1.84 bits per heavy atom. The fraction of sp³-hybridized carbons (Fsp3) is 0.550. The number of rotatable bonds is 4. The van der Waals surface area contributed by atoms with Crippen molar-refractivity contribution in [2.75, 3.05) is 5.32 Å². The number of nitrogens with zero attached hydrogens (tertiary/aromatic N) is 2. The van der Waals surface area contributed by atoms with Gasteiger partial charge in [0.1, 0.15) is 5.69 Å². The van der Waals surface area contributed by atoms with E-state index in [0.717, 1.165) is 29.1 Å². The van der Waals surface area contributed by atoms with Crippen molar-refractivity contribution in [2.45, 2.75) is 44.9 Å². The third-order valence-electron chi connectivity index (χ3n) is 6.38. The van der Waals surface area contributed by atoms with Crippen LogP contribution in [0.5, 0.6) is 0 Å². The molecule has 4 bridgehead atoms. The fourth-order valence-electron chi connectivity index (χ4n) is 5.97. The van der Waals surface area contributed by atoms with Crippen LogP contribution in [-0.2, 0) is 4.79 Å². The molecule has 0 unspecified atom stereocenters. The molecule has 1 amide bonds. The maximum Gasteiger partial charge on any atom is 0.226 e. The molecule has 0 saturated heterocycles. The van der Waals surface area contributed by atoms with Crippen LogP contribution in [0.1, 0.15) is 44.9 Å². The summed E-state index contributed by atoms with van der Waals surface area (Å²) in [6.45, 7) is 0. The van der Waals surface area contributed by atoms with Crippen LogP contribution >= 0.6 is 11.3 Å². The van der Waals surface area contributed by atoms with Gasteiger partial charge in [-0.2, -0.15) is 0 Å². The zero-order valence-corrected chi connectivity index (χ0v) is 15.1. The molecule has 2 aromatic rings. The standard InChI is InChI=1S/C20H23N3OS/c24-18(11-20-8-13-5-14(9-20)7-15(6-13)10-20)23-19-22-17(12-25-19)16-3-1-2-4-21-16/h1-4,12-15H,5-11H2,(H,22,23,24). The van der Waals surface area contributed by atoms with Crippen LogP contribution < -0.4 is 5.32 Å². The van der Waals surface area contributed by atoms with E-state index in [9.17, 15) is 4.79 Å². The lowest BCUT2D eigenvalue weighted by Gasteiger charge is -2.56. The predicted molar refractivity (Wildman–Crippen MR) is 99.2 cm³/mol. The van der Waals surface area contributed by atoms with Gasteiger partial charge in [-0.15, -0.1) is 11.3 Å². The number of pyridine rings is 1. The van der Waals surface area contributed by atoms with E-state index in [0.29, 0.717) is 11.6 Å². The fourth-order valence-corrected chi connectivity index (χ4v) is 6.69. The molecule has 0 spiro atoms. The Balaban J connectivity index is 1.26. The van der Waals surface area contributed by atoms with Gasteiger partial charge in [0.2, 0.25) is 5.91 Å². The summed E-state index contributed by atoms with van der Waals surface area (Å²) in [6, 6.07) is 5.78. The molecule has 1 N–H and O–H groups in total. The maximum atomic E-state index is 12.7. The van der Waals surface area contributed by atoms with Gasteiger partial charge in [0.25, 0.3) is 0 Å². The number of carbonyl (C=O) groups excluding carboxylic acids is 1. The van der Waals surface area contributed by atoms with E-state index < -0.39 is 0 Å². The molecule has 4 fully saturated rings. The number of nitrogens with one attached hydrogen (secondary N) is 1. The second-order valence-corrected chi connectivity index (χ2v) is 9.25. The summed E-state index contributed by atoms with van der Waals surface area (Å²) >= 11 is 1.48. The Bertz CT molecular complexity index is 750. The Kier molecular flexibility index (Phi) is 3.66. The highest BCUT2D eigenvalue weighted by molar-refractivity contribution is 7.14. The Morgan fingerprint density at radius 3 is 2.48 bits per heavy atom. The van der Waals surface area contributed by atoms with Crippen molar-refractivity contribution in [3.8, 4) is 11.4 Å². The van der Waals surface area contributed by atoms with Gasteiger partial charge in [-0.25, -0.2) is 4.98 Å². The lowest BCUT2D eigenvalue weighted by Crippen LogP contribution is -2.47. The SMILES string of the molecule is O=C(CC12CC3CC(CC(C3)C1)C2)Nc1nc(-c2ccccn2)cs1. The van der Waals surface area contributed by atoms with Crippen LogP contribution in [0.4, 0.5) is 5.13 Å². The number of carbonyl (C=O) groups is 1. The number of anilines is 1. The first-order valence-corrected chi connectivity index (χ1v) is 10.2. The normalized spacial score (nSPS) is 32.7. The van der Waals surface area contributed by atoms with Crippen molar-refractivity contribution >= 4 is 22.4 Å². The molecular formula is C20H23N3OS. The summed E-state index contributed by atoms with van der Waals surface area (Å²) in [5, 5.41) is 5.70. The molecule has 0 radical (unpaired) electrons. The minimum absolute atomic E-state index is 0.142. The van der Waals surface area contributed by atoms with Crippen molar-refractivity contribution in [3.05, 3.63) is 29.8 Å². The molecule has 130 valence electrons. The molecule has 4 aliphatic rings. The van der Waals surface area contributed by atoms with Gasteiger partial charge < -0.3 is 5.32 Å². The number of hydrogen-bond acceptors (Lipinski definition) is 4. The largest absolute Gasteiger partial charge is 0.302 e. The van der Waals surface area contributed by atoms with E-state index in [1.165, 1.54) is 49.9 Å². The van der Waals surface area contributed by atoms with Crippen LogP contribution in [0.3, 0.4) is 0 Å². The molecule has 0 aromatic carbocycles. The molecule has 4 nitrogen and oxygen atoms in total. The van der Waals surface area contributed by atoms with Gasteiger partial charge in [-0.05, 0) is 73.8 Å². The monoisotopic (exact) mass is 353 g/mol. The van der Waals surface area contributed by atoms with E-state index in [1.807, 2.05) is 23.6 Å². The zero-order valence-electron chi connectivity index (χ0n) is 14.3. The van der Waals surface area contributed by atoms with E-state index in [2.05, 4.69) is 15.3 Å². The highest BCUT2D eigenvalue weighted by Crippen LogP contribution is 2.61. The molecule has 4 aliphatic carbocycles. The number of thiazole rings is 1. The third-order valence-corrected chi connectivity index (χ3v) is 7.14. The third kappa shape index (κ3) is 2.99. The molecule has 25 heavy (non-hydrogen) atoms. The van der Waals surface area contributed by atoms with E-state index in [1.54, 1.807) is 6.20 Å². The van der Waals surface area contributed by atoms with Crippen LogP contribution in [0, 0.1) is 23.2 Å². The smallest absolute Gasteiger partial charge is 0.226 e. The molecule has 4 saturated carbocycles. The summed E-state index contributed by atoms with van der Waals surface area (Å²) < 4.78 is 0. The summed E-state index contributed by atoms with van der Waals surface area (Å²) in [7, 11) is 0. The summed E-state index contributed by atoms with van der Waals surface area (Å²) in [5.41, 5.74) is 1.95. The maximum absolute atomic E-state index is 12.7. The number of aromatic nitrogens is 2. The Morgan fingerprint density at radius 1 is 1.12 bits per heavy atom. The lowest BCUT2D eigenvalue weighted by atomic mass is 9.49. The summed E-state index contributed by atoms with van der Waals surface area (Å²) in [6.07, 6.45) is 10.5. The molecule has 0 aliphatic heterocycles. The topological polar surface area (TPSA) is 54.9 Å². The highest BCUT2D eigenvalue weighted by Gasteiger charge is 2.51. The van der Waals surface area contributed by atoms with Crippen LogP contribution in [0.2, 0.25) is 0 Å². The van der Waals surface area contributed by atoms with Gasteiger partial charge in [-0.1, -0.05) is 6.07 Å². The molecule has 2 aromatic heterocycles. The first-order chi connectivity index (χ1) is 12.2. The molecule has 0 atom stereocenters. The molecular weight excluding hydrogens is 330 g/mol. The molecule has 6 rings (SSSR count). The predicted octanol–water partition coefficient (Wildman–Crippen LogP) is 4.75. The van der Waals surface area contributed by atoms with E-state index in [4.69, 9.17) is 0 Å². The van der Waals surface area contributed by atoms with Crippen LogP contribution in [0.25, 0.3) is 11.4 Å². The first kappa shape index (κ1) is 15.5. The average molecular weight is 353 g/mol. The van der Waals surface area contributed by atoms with E-state index >= 15 is 0 Å². The quantitative estimate of drug-likeness (QED) is 0.863. The second kappa shape index (κ2) is 5.90. The Hall–Kier alpha value is -1.75. The minimum Gasteiger partial charge on any atom is -0.302 e. The Labute approximate surface area is 152 Å². The van der Waals surface area contributed by atoms with Gasteiger partial charge in [-0.3, -0.25) is 9.78 Å². The van der Waals surface area contributed by atoms with Gasteiger partial charge >= 0.3 is 0 Å². The van der Waals surface area contributed by atoms with E-state index in [-0.39, 0.29) is 11.3 Å². The van der Waals surface area contributed by atoms with Crippen molar-refractivity contribution < 1.29 is 4.79 Å². The zero-order chi connectivity index (χ0) is 16.9. The first-order valence-electron chi connectivity index (χ1n) is 9.34. The number of hydrogen-bond donors (Lipinski definition) is 1. The lowest BCUT2D eigenvalue weighted by molar-refractivity contribution is -0.124. The van der Waals surface area contributed by atoms with Gasteiger partial charge in [0.05, 0.1) is 5.69 Å². The van der Waals surface area contributed by atoms with Crippen molar-refractivity contribution in [1.82, 2.24) is 9.97 Å². The summed E-state index contributed by atoms with van der Waals surface area (Å²) in [4.78, 5) is 21.5. The summed E-state index contributed by atoms with van der Waals surface area (Å²) in [5.74, 6) is 2.79. The van der Waals surface area contributed by atoms with Crippen molar-refractivity contribution in [3.63, 3.8) is 0 Å². The number of amides is 1. The molecule has 2 heterocycles. The average Bonchev–Trinajstić information content (AvgIpc) is 3.02. The van der Waals surface area contributed by atoms with Crippen molar-refractivity contribution in [2.24, 2.45) is 23.2 Å². The van der Waals surface area contributed by atoms with Gasteiger partial charge in [0, 0.05) is 18.0 Å². The molecule has 5 heteroatoms. The second-order valence-electron chi connectivity index (χ2n) is 8.40. The van der Waals surface area contributed by atoms with Crippen LogP contribution in [-0.4, -0.2) is 15.9 Å². The van der Waals surface area contributed by atoms with Gasteiger partial charge in [0.15, 0.2) is 5.13 Å². The van der Waals surface area contributed by atoms with Crippen LogP contribution in [0.15, 0.2) is 29.8 Å². The highest BCUT2D eigenvalue weighted by atomic mass is 32.1. The minimum atomic E-state index is 0.142. The van der Waals surface area contributed by atoms with Crippen molar-refractivity contribution in [1.29, 1.82) is 0 Å².